The van der Waals surface area contributed by atoms with Crippen molar-refractivity contribution in [3.8, 4) is 11.3 Å². The number of amides is 3. The van der Waals surface area contributed by atoms with Gasteiger partial charge in [-0.05, 0) is 57.7 Å². The molecule has 1 aromatic carbocycles. The molecule has 1 fully saturated rings. The summed E-state index contributed by atoms with van der Waals surface area (Å²) >= 11 is 6.48. The van der Waals surface area contributed by atoms with Crippen molar-refractivity contribution in [1.82, 2.24) is 29.2 Å². The first-order chi connectivity index (χ1) is 21.3. The van der Waals surface area contributed by atoms with E-state index in [-0.39, 0.29) is 51.2 Å². The highest BCUT2D eigenvalue weighted by atomic mass is 35.5. The molecular formula is C31H39ClF2N8O3. The summed E-state index contributed by atoms with van der Waals surface area (Å²) in [7, 11) is 8.57. The number of piperazine rings is 1. The maximum Gasteiger partial charge on any atom is 0.291 e. The highest BCUT2D eigenvalue weighted by Crippen LogP contribution is 2.28. The van der Waals surface area contributed by atoms with Crippen molar-refractivity contribution < 1.29 is 23.2 Å². The Balaban J connectivity index is 1.39. The molecule has 4 rings (SSSR count). The van der Waals surface area contributed by atoms with Gasteiger partial charge in [0.05, 0.1) is 28.0 Å². The first-order valence-electron chi connectivity index (χ1n) is 14.7. The average Bonchev–Trinajstić information content (AvgIpc) is 3.38. The molecule has 0 spiro atoms. The quantitative estimate of drug-likeness (QED) is 0.333. The standard InChI is InChI=1S/C31H39ClF2N8O3/c1-7-19(10-11-38(2)3)30(44)41-12-14-42(15-13-41)31(45)21-9-8-20(16-23(21)32)36-29(43)28-35-18-25(40(28)6)22-17-24(33)27(39(4)5)37-26(22)34/h8-9,16-19H,7,10-15H2,1-6H3,(H,36,43). The summed E-state index contributed by atoms with van der Waals surface area (Å²) < 4.78 is 30.6. The highest BCUT2D eigenvalue weighted by molar-refractivity contribution is 6.34. The second kappa shape index (κ2) is 14.3. The minimum Gasteiger partial charge on any atom is -0.360 e. The third-order valence-corrected chi connectivity index (χ3v) is 8.22. The van der Waals surface area contributed by atoms with E-state index in [0.29, 0.717) is 31.9 Å². The Hall–Kier alpha value is -4.10. The molecule has 0 aliphatic carbocycles. The third-order valence-electron chi connectivity index (χ3n) is 7.90. The Morgan fingerprint density at radius 3 is 2.31 bits per heavy atom. The van der Waals surface area contributed by atoms with Crippen LogP contribution < -0.4 is 10.2 Å². The summed E-state index contributed by atoms with van der Waals surface area (Å²) in [6.07, 6.45) is 2.83. The molecule has 14 heteroatoms. The number of hydrogen-bond donors (Lipinski definition) is 1. The van der Waals surface area contributed by atoms with Crippen molar-refractivity contribution in [1.29, 1.82) is 0 Å². The van der Waals surface area contributed by atoms with Gasteiger partial charge in [-0.1, -0.05) is 18.5 Å². The second-order valence-electron chi connectivity index (χ2n) is 11.5. The molecule has 45 heavy (non-hydrogen) atoms. The Labute approximate surface area is 266 Å². The molecule has 3 aromatic rings. The fourth-order valence-electron chi connectivity index (χ4n) is 5.25. The lowest BCUT2D eigenvalue weighted by Gasteiger charge is -2.36. The average molecular weight is 645 g/mol. The maximum absolute atomic E-state index is 14.7. The lowest BCUT2D eigenvalue weighted by atomic mass is 10.00. The maximum atomic E-state index is 14.7. The summed E-state index contributed by atoms with van der Waals surface area (Å²) in [5.41, 5.74) is 0.614. The van der Waals surface area contributed by atoms with Crippen LogP contribution in [0, 0.1) is 17.7 Å². The number of rotatable bonds is 10. The number of benzene rings is 1. The number of pyridine rings is 1. The molecule has 1 unspecified atom stereocenters. The topological polar surface area (TPSA) is 107 Å². The minimum atomic E-state index is -0.903. The molecule has 0 saturated carbocycles. The number of hydrogen-bond acceptors (Lipinski definition) is 7. The lowest BCUT2D eigenvalue weighted by molar-refractivity contribution is -0.137. The van der Waals surface area contributed by atoms with E-state index in [0.717, 1.165) is 25.5 Å². The van der Waals surface area contributed by atoms with Gasteiger partial charge in [-0.25, -0.2) is 9.37 Å². The van der Waals surface area contributed by atoms with Gasteiger partial charge < -0.3 is 29.5 Å². The number of aromatic nitrogens is 3. The van der Waals surface area contributed by atoms with Crippen molar-refractivity contribution in [3.05, 3.63) is 58.6 Å². The third kappa shape index (κ3) is 7.59. The molecule has 1 atom stereocenters. The first kappa shape index (κ1) is 33.8. The van der Waals surface area contributed by atoms with Gasteiger partial charge in [-0.3, -0.25) is 14.4 Å². The van der Waals surface area contributed by atoms with E-state index in [9.17, 15) is 23.2 Å². The Kier molecular flexibility index (Phi) is 10.8. The highest BCUT2D eigenvalue weighted by Gasteiger charge is 2.29. The summed E-state index contributed by atoms with van der Waals surface area (Å²) in [5.74, 6) is -2.62. The monoisotopic (exact) mass is 644 g/mol. The molecule has 242 valence electrons. The second-order valence-corrected chi connectivity index (χ2v) is 11.9. The van der Waals surface area contributed by atoms with Gasteiger partial charge in [0.15, 0.2) is 17.5 Å². The number of imidazole rings is 1. The number of anilines is 2. The van der Waals surface area contributed by atoms with Crippen molar-refractivity contribution >= 4 is 40.8 Å². The van der Waals surface area contributed by atoms with Gasteiger partial charge in [0.25, 0.3) is 11.8 Å². The van der Waals surface area contributed by atoms with E-state index < -0.39 is 17.7 Å². The van der Waals surface area contributed by atoms with Crippen molar-refractivity contribution in [3.63, 3.8) is 0 Å². The molecule has 3 amide bonds. The SMILES string of the molecule is CCC(CCN(C)C)C(=O)N1CCN(C(=O)c2ccc(NC(=O)c3ncc(-c4cc(F)c(N(C)C)nc4F)n3C)cc2Cl)CC1. The van der Waals surface area contributed by atoms with Gasteiger partial charge in [-0.15, -0.1) is 0 Å². The predicted molar refractivity (Wildman–Crippen MR) is 170 cm³/mol. The summed E-state index contributed by atoms with van der Waals surface area (Å²) in [4.78, 5) is 54.1. The largest absolute Gasteiger partial charge is 0.360 e. The van der Waals surface area contributed by atoms with Crippen LogP contribution in [0.1, 0.15) is 40.7 Å². The Morgan fingerprint density at radius 2 is 1.71 bits per heavy atom. The normalized spacial score (nSPS) is 14.1. The molecular weight excluding hydrogens is 606 g/mol. The van der Waals surface area contributed by atoms with E-state index >= 15 is 0 Å². The summed E-state index contributed by atoms with van der Waals surface area (Å²) in [6.45, 7) is 4.54. The zero-order valence-electron chi connectivity index (χ0n) is 26.4. The smallest absolute Gasteiger partial charge is 0.291 e. The van der Waals surface area contributed by atoms with Crippen molar-refractivity contribution in [2.75, 3.05) is 71.1 Å². The summed E-state index contributed by atoms with van der Waals surface area (Å²) in [6, 6.07) is 5.56. The molecule has 11 nitrogen and oxygen atoms in total. The molecule has 0 bridgehead atoms. The Morgan fingerprint density at radius 1 is 1.04 bits per heavy atom. The van der Waals surface area contributed by atoms with Crippen LogP contribution in [-0.2, 0) is 11.8 Å². The van der Waals surface area contributed by atoms with Gasteiger partial charge in [0.2, 0.25) is 11.9 Å². The number of carbonyl (C=O) groups excluding carboxylic acids is 3. The lowest BCUT2D eigenvalue weighted by Crippen LogP contribution is -2.52. The Bertz CT molecular complexity index is 1570. The predicted octanol–water partition coefficient (Wildman–Crippen LogP) is 3.99. The minimum absolute atomic E-state index is 0.0417. The molecule has 0 radical (unpaired) electrons. The van der Waals surface area contributed by atoms with E-state index in [1.54, 1.807) is 25.1 Å². The van der Waals surface area contributed by atoms with Crippen LogP contribution in [0.25, 0.3) is 11.3 Å². The van der Waals surface area contributed by atoms with Crippen molar-refractivity contribution in [2.24, 2.45) is 13.0 Å². The van der Waals surface area contributed by atoms with Crippen LogP contribution >= 0.6 is 11.6 Å². The van der Waals surface area contributed by atoms with Crippen LogP contribution in [0.3, 0.4) is 0 Å². The van der Waals surface area contributed by atoms with E-state index in [1.165, 1.54) is 34.8 Å². The zero-order valence-corrected chi connectivity index (χ0v) is 27.2. The van der Waals surface area contributed by atoms with Crippen LogP contribution in [0.15, 0.2) is 30.5 Å². The van der Waals surface area contributed by atoms with E-state index in [2.05, 4.69) is 20.2 Å². The van der Waals surface area contributed by atoms with E-state index in [1.807, 2.05) is 25.9 Å². The summed E-state index contributed by atoms with van der Waals surface area (Å²) in [5, 5.41) is 2.83. The molecule has 1 N–H and O–H groups in total. The van der Waals surface area contributed by atoms with Gasteiger partial charge in [-0.2, -0.15) is 9.37 Å². The fraction of sp³-hybridized carbons (Fsp3) is 0.452. The van der Waals surface area contributed by atoms with Crippen LogP contribution in [0.2, 0.25) is 5.02 Å². The van der Waals surface area contributed by atoms with E-state index in [4.69, 9.17) is 11.6 Å². The number of nitrogens with one attached hydrogen (secondary N) is 1. The fourth-order valence-corrected chi connectivity index (χ4v) is 5.51. The number of nitrogens with zero attached hydrogens (tertiary/aromatic N) is 7. The zero-order chi connectivity index (χ0) is 33.0. The van der Waals surface area contributed by atoms with Gasteiger partial charge in [0.1, 0.15) is 0 Å². The van der Waals surface area contributed by atoms with Gasteiger partial charge in [0, 0.05) is 58.9 Å². The van der Waals surface area contributed by atoms with Gasteiger partial charge >= 0.3 is 0 Å². The van der Waals surface area contributed by atoms with Crippen LogP contribution in [0.5, 0.6) is 0 Å². The molecule has 1 aliphatic rings. The molecule has 1 aliphatic heterocycles. The molecule has 2 aromatic heterocycles. The van der Waals surface area contributed by atoms with Crippen molar-refractivity contribution in [2.45, 2.75) is 19.8 Å². The number of carbonyl (C=O) groups is 3. The molecule has 1 saturated heterocycles. The van der Waals surface area contributed by atoms with Crippen LogP contribution in [-0.4, -0.2) is 108 Å². The van der Waals surface area contributed by atoms with Crippen LogP contribution in [0.4, 0.5) is 20.3 Å². The first-order valence-corrected chi connectivity index (χ1v) is 15.1. The number of halogens is 3. The molecule has 3 heterocycles.